The van der Waals surface area contributed by atoms with Gasteiger partial charge in [0.15, 0.2) is 0 Å². The number of fused-ring (bicyclic) bond motifs is 1. The summed E-state index contributed by atoms with van der Waals surface area (Å²) in [5.74, 6) is 0.176. The van der Waals surface area contributed by atoms with Crippen molar-refractivity contribution in [3.63, 3.8) is 0 Å². The minimum absolute atomic E-state index is 0.176. The summed E-state index contributed by atoms with van der Waals surface area (Å²) in [5.41, 5.74) is 2.00. The smallest absolute Gasteiger partial charge is 0.0843 e. The quantitative estimate of drug-likeness (QED) is 0.749. The lowest BCUT2D eigenvalue weighted by Gasteiger charge is -2.05. The van der Waals surface area contributed by atoms with Crippen molar-refractivity contribution in [1.82, 2.24) is 4.37 Å². The van der Waals surface area contributed by atoms with Gasteiger partial charge in [0.2, 0.25) is 0 Å². The molecule has 3 nitrogen and oxygen atoms in total. The van der Waals surface area contributed by atoms with Crippen molar-refractivity contribution in [2.24, 2.45) is 0 Å². The van der Waals surface area contributed by atoms with Crippen LogP contribution in [0.2, 0.25) is 0 Å². The Morgan fingerprint density at radius 3 is 3.14 bits per heavy atom. The second-order valence-electron chi connectivity index (χ2n) is 2.92. The molecule has 1 atom stereocenters. The molecule has 2 aromatic rings. The maximum absolute atomic E-state index is 10.4. The fraction of sp³-hybridized carbons (Fsp3) is 0.222. The van der Waals surface area contributed by atoms with E-state index in [1.807, 2.05) is 23.6 Å². The van der Waals surface area contributed by atoms with E-state index in [9.17, 15) is 8.76 Å². The van der Waals surface area contributed by atoms with Crippen LogP contribution in [0.4, 0.5) is 0 Å². The number of benzene rings is 1. The Hall–Kier alpha value is -0.780. The van der Waals surface area contributed by atoms with Gasteiger partial charge in [0.1, 0.15) is 0 Å². The third kappa shape index (κ3) is 2.00. The minimum Gasteiger partial charge on any atom is -0.772 e. The number of aryl methyl sites for hydroxylation is 1. The van der Waals surface area contributed by atoms with Crippen LogP contribution in [0.1, 0.15) is 5.56 Å². The van der Waals surface area contributed by atoms with E-state index in [1.165, 1.54) is 11.5 Å². The molecule has 0 saturated heterocycles. The highest BCUT2D eigenvalue weighted by atomic mass is 32.2. The maximum Gasteiger partial charge on any atom is 0.0843 e. The van der Waals surface area contributed by atoms with Crippen LogP contribution in [0.3, 0.4) is 0 Å². The molecule has 0 radical (unpaired) electrons. The highest BCUT2D eigenvalue weighted by Gasteiger charge is 2.02. The summed E-state index contributed by atoms with van der Waals surface area (Å²) < 4.78 is 25.1. The van der Waals surface area contributed by atoms with E-state index < -0.39 is 11.1 Å². The summed E-state index contributed by atoms with van der Waals surface area (Å²) in [6, 6.07) is 5.79. The SMILES string of the molecule is O=S([O-])CCc1cccc2nscc12. The number of rotatable bonds is 3. The highest BCUT2D eigenvalue weighted by molar-refractivity contribution is 7.79. The van der Waals surface area contributed by atoms with Crippen molar-refractivity contribution in [3.8, 4) is 0 Å². The zero-order valence-corrected chi connectivity index (χ0v) is 8.94. The van der Waals surface area contributed by atoms with Gasteiger partial charge in [-0.3, -0.25) is 4.21 Å². The molecule has 0 N–H and O–H groups in total. The lowest BCUT2D eigenvalue weighted by molar-refractivity contribution is 0.536. The van der Waals surface area contributed by atoms with Gasteiger partial charge in [-0.2, -0.15) is 4.37 Å². The van der Waals surface area contributed by atoms with Gasteiger partial charge in [-0.15, -0.1) is 0 Å². The van der Waals surface area contributed by atoms with Crippen LogP contribution in [0.5, 0.6) is 0 Å². The Morgan fingerprint density at radius 2 is 2.36 bits per heavy atom. The molecule has 1 heterocycles. The second kappa shape index (κ2) is 4.16. The lowest BCUT2D eigenvalue weighted by atomic mass is 10.1. The van der Waals surface area contributed by atoms with E-state index in [-0.39, 0.29) is 5.75 Å². The Morgan fingerprint density at radius 1 is 1.50 bits per heavy atom. The first-order valence-electron chi connectivity index (χ1n) is 4.15. The molecule has 0 aliphatic rings. The molecule has 0 spiro atoms. The summed E-state index contributed by atoms with van der Waals surface area (Å²) in [4.78, 5) is 0. The number of aromatic nitrogens is 1. The predicted molar refractivity (Wildman–Crippen MR) is 57.1 cm³/mol. The van der Waals surface area contributed by atoms with Crippen LogP contribution >= 0.6 is 11.5 Å². The Labute approximate surface area is 88.2 Å². The molecule has 74 valence electrons. The van der Waals surface area contributed by atoms with Gasteiger partial charge in [-0.05, 0) is 29.6 Å². The van der Waals surface area contributed by atoms with Gasteiger partial charge in [0.25, 0.3) is 0 Å². The van der Waals surface area contributed by atoms with Crippen molar-refractivity contribution >= 4 is 33.5 Å². The molecule has 0 bridgehead atoms. The van der Waals surface area contributed by atoms with Crippen molar-refractivity contribution in [2.45, 2.75) is 6.42 Å². The molecule has 14 heavy (non-hydrogen) atoms. The van der Waals surface area contributed by atoms with Crippen molar-refractivity contribution < 1.29 is 8.76 Å². The highest BCUT2D eigenvalue weighted by Crippen LogP contribution is 2.20. The average Bonchev–Trinajstić information content (AvgIpc) is 2.62. The average molecular weight is 226 g/mol. The third-order valence-corrected chi connectivity index (χ3v) is 3.21. The monoisotopic (exact) mass is 226 g/mol. The van der Waals surface area contributed by atoms with E-state index in [0.29, 0.717) is 6.42 Å². The molecule has 5 heteroatoms. The van der Waals surface area contributed by atoms with Crippen LogP contribution in [0.25, 0.3) is 10.9 Å². The van der Waals surface area contributed by atoms with Gasteiger partial charge in [0, 0.05) is 16.5 Å². The first-order chi connectivity index (χ1) is 6.77. The largest absolute Gasteiger partial charge is 0.772 e. The third-order valence-electron chi connectivity index (χ3n) is 2.03. The van der Waals surface area contributed by atoms with Gasteiger partial charge in [-0.25, -0.2) is 0 Å². The minimum atomic E-state index is -1.96. The van der Waals surface area contributed by atoms with E-state index >= 15 is 0 Å². The van der Waals surface area contributed by atoms with Crippen molar-refractivity contribution in [1.29, 1.82) is 0 Å². The van der Waals surface area contributed by atoms with Gasteiger partial charge < -0.3 is 4.55 Å². The van der Waals surface area contributed by atoms with E-state index in [2.05, 4.69) is 4.37 Å². The molecule has 0 amide bonds. The zero-order valence-electron chi connectivity index (χ0n) is 7.30. The van der Waals surface area contributed by atoms with Crippen LogP contribution in [-0.2, 0) is 17.5 Å². The molecule has 2 rings (SSSR count). The summed E-state index contributed by atoms with van der Waals surface area (Å²) >= 11 is -0.567. The molecule has 0 fully saturated rings. The maximum atomic E-state index is 10.4. The lowest BCUT2D eigenvalue weighted by Crippen LogP contribution is -1.99. The van der Waals surface area contributed by atoms with Crippen LogP contribution < -0.4 is 0 Å². The summed E-state index contributed by atoms with van der Waals surface area (Å²) in [6.07, 6.45) is 0.561. The Bertz CT molecular complexity index is 467. The molecule has 1 aromatic carbocycles. The van der Waals surface area contributed by atoms with E-state index in [1.54, 1.807) is 0 Å². The number of hydrogen-bond donors (Lipinski definition) is 0. The van der Waals surface area contributed by atoms with E-state index in [0.717, 1.165) is 16.5 Å². The molecular weight excluding hydrogens is 218 g/mol. The van der Waals surface area contributed by atoms with Crippen molar-refractivity contribution in [3.05, 3.63) is 29.1 Å². The van der Waals surface area contributed by atoms with E-state index in [4.69, 9.17) is 0 Å². The van der Waals surface area contributed by atoms with Crippen LogP contribution in [0, 0.1) is 0 Å². The summed E-state index contributed by atoms with van der Waals surface area (Å²) in [5, 5.41) is 3.03. The normalized spacial score (nSPS) is 13.2. The first kappa shape index (κ1) is 9.76. The fourth-order valence-corrected chi connectivity index (χ4v) is 2.45. The standard InChI is InChI=1S/C9H9NO2S2/c11-14(12)5-4-7-2-1-3-9-8(7)6-13-10-9/h1-3,6H,4-5H2,(H,11,12)/p-1. The Kier molecular flexibility index (Phi) is 2.90. The fourth-order valence-electron chi connectivity index (χ4n) is 1.36. The second-order valence-corrected chi connectivity index (χ2v) is 4.57. The molecule has 0 aliphatic heterocycles. The molecule has 0 aliphatic carbocycles. The molecule has 0 saturated carbocycles. The van der Waals surface area contributed by atoms with Gasteiger partial charge >= 0.3 is 0 Å². The molecule has 1 unspecified atom stereocenters. The first-order valence-corrected chi connectivity index (χ1v) is 6.23. The van der Waals surface area contributed by atoms with Crippen molar-refractivity contribution in [2.75, 3.05) is 5.75 Å². The predicted octanol–water partition coefficient (Wildman–Crippen LogP) is 1.72. The van der Waals surface area contributed by atoms with Crippen LogP contribution in [0.15, 0.2) is 23.6 Å². The summed E-state index contributed by atoms with van der Waals surface area (Å²) in [7, 11) is 0. The zero-order chi connectivity index (χ0) is 9.97. The Balaban J connectivity index is 2.32. The molecular formula is C9H8NO2S2-. The number of hydrogen-bond acceptors (Lipinski definition) is 4. The van der Waals surface area contributed by atoms with Gasteiger partial charge in [-0.1, -0.05) is 23.2 Å². The number of nitrogens with zero attached hydrogens (tertiary/aromatic N) is 1. The molecule has 1 aromatic heterocycles. The summed E-state index contributed by atoms with van der Waals surface area (Å²) in [6.45, 7) is 0. The van der Waals surface area contributed by atoms with Crippen LogP contribution in [-0.4, -0.2) is 18.9 Å². The van der Waals surface area contributed by atoms with Gasteiger partial charge in [0.05, 0.1) is 5.52 Å². The topological polar surface area (TPSA) is 53.0 Å².